The van der Waals surface area contributed by atoms with E-state index in [4.69, 9.17) is 0 Å². The third kappa shape index (κ3) is 5.23. The van der Waals surface area contributed by atoms with Crippen LogP contribution in [0.5, 0.6) is 0 Å². The SMILES string of the molecule is O=C(c1ccc(NS(=O)(=O)c2ccc(F)cc2)cc1)N1CCN(C(=O)c2cccc(F)c2)CC1. The van der Waals surface area contributed by atoms with Crippen molar-refractivity contribution < 1.29 is 26.8 Å². The van der Waals surface area contributed by atoms with Gasteiger partial charge in [-0.25, -0.2) is 17.2 Å². The Morgan fingerprint density at radius 3 is 1.82 bits per heavy atom. The second-order valence-electron chi connectivity index (χ2n) is 7.73. The number of halogens is 2. The fourth-order valence-corrected chi connectivity index (χ4v) is 4.67. The topological polar surface area (TPSA) is 86.8 Å². The Hall–Kier alpha value is -3.79. The first-order valence-corrected chi connectivity index (χ1v) is 11.9. The third-order valence-electron chi connectivity index (χ3n) is 5.43. The number of sulfonamides is 1. The van der Waals surface area contributed by atoms with Crippen molar-refractivity contribution in [2.75, 3.05) is 30.9 Å². The van der Waals surface area contributed by atoms with Crippen molar-refractivity contribution in [1.29, 1.82) is 0 Å². The number of piperazine rings is 1. The van der Waals surface area contributed by atoms with Gasteiger partial charge in [-0.2, -0.15) is 0 Å². The summed E-state index contributed by atoms with van der Waals surface area (Å²) in [6.07, 6.45) is 0. The molecular formula is C24H21F2N3O4S. The normalized spacial score (nSPS) is 14.1. The van der Waals surface area contributed by atoms with Crippen molar-refractivity contribution in [2.24, 2.45) is 0 Å². The maximum atomic E-state index is 13.4. The predicted molar refractivity (Wildman–Crippen MR) is 122 cm³/mol. The lowest BCUT2D eigenvalue weighted by Crippen LogP contribution is -2.50. The van der Waals surface area contributed by atoms with Crippen LogP contribution in [0.25, 0.3) is 0 Å². The molecule has 0 unspecified atom stereocenters. The van der Waals surface area contributed by atoms with Crippen LogP contribution in [0.15, 0.2) is 77.7 Å². The number of hydrogen-bond donors (Lipinski definition) is 1. The van der Waals surface area contributed by atoms with E-state index in [1.165, 1.54) is 42.5 Å². The fraction of sp³-hybridized carbons (Fsp3) is 0.167. The molecule has 1 aliphatic heterocycles. The van der Waals surface area contributed by atoms with Crippen LogP contribution in [-0.2, 0) is 10.0 Å². The molecule has 1 N–H and O–H groups in total. The minimum absolute atomic E-state index is 0.0836. The number of rotatable bonds is 5. The molecular weight excluding hydrogens is 464 g/mol. The van der Waals surface area contributed by atoms with Crippen LogP contribution in [0.1, 0.15) is 20.7 Å². The molecule has 0 aliphatic carbocycles. The van der Waals surface area contributed by atoms with Gasteiger partial charge in [0, 0.05) is 43.0 Å². The minimum atomic E-state index is -3.90. The van der Waals surface area contributed by atoms with E-state index in [2.05, 4.69) is 4.72 Å². The molecule has 176 valence electrons. The van der Waals surface area contributed by atoms with E-state index in [1.807, 2.05) is 0 Å². The molecule has 10 heteroatoms. The monoisotopic (exact) mass is 485 g/mol. The molecule has 0 spiro atoms. The number of carbonyl (C=O) groups excluding carboxylic acids is 2. The first-order valence-electron chi connectivity index (χ1n) is 10.5. The van der Waals surface area contributed by atoms with Gasteiger partial charge in [0.15, 0.2) is 0 Å². The van der Waals surface area contributed by atoms with Crippen molar-refractivity contribution in [3.05, 3.63) is 95.6 Å². The number of anilines is 1. The smallest absolute Gasteiger partial charge is 0.261 e. The summed E-state index contributed by atoms with van der Waals surface area (Å²) in [6, 6.07) is 15.9. The van der Waals surface area contributed by atoms with Crippen molar-refractivity contribution >= 4 is 27.5 Å². The second-order valence-corrected chi connectivity index (χ2v) is 9.41. The van der Waals surface area contributed by atoms with E-state index in [9.17, 15) is 26.8 Å². The van der Waals surface area contributed by atoms with Crippen molar-refractivity contribution in [1.82, 2.24) is 9.80 Å². The number of nitrogens with zero attached hydrogens (tertiary/aromatic N) is 2. The Kier molecular flexibility index (Phi) is 6.60. The van der Waals surface area contributed by atoms with Crippen LogP contribution < -0.4 is 4.72 Å². The lowest BCUT2D eigenvalue weighted by atomic mass is 10.1. The van der Waals surface area contributed by atoms with Gasteiger partial charge in [-0.05, 0) is 66.7 Å². The Labute approximate surface area is 195 Å². The molecule has 0 bridgehead atoms. The summed E-state index contributed by atoms with van der Waals surface area (Å²) < 4.78 is 53.7. The van der Waals surface area contributed by atoms with Crippen LogP contribution >= 0.6 is 0 Å². The first kappa shape index (κ1) is 23.4. The van der Waals surface area contributed by atoms with E-state index in [0.717, 1.165) is 24.3 Å². The summed E-state index contributed by atoms with van der Waals surface area (Å²) >= 11 is 0. The lowest BCUT2D eigenvalue weighted by Gasteiger charge is -2.35. The molecule has 1 heterocycles. The molecule has 0 aromatic heterocycles. The molecule has 4 rings (SSSR count). The van der Waals surface area contributed by atoms with E-state index < -0.39 is 21.7 Å². The molecule has 34 heavy (non-hydrogen) atoms. The second kappa shape index (κ2) is 9.60. The van der Waals surface area contributed by atoms with Gasteiger partial charge in [-0.1, -0.05) is 6.07 Å². The van der Waals surface area contributed by atoms with E-state index in [1.54, 1.807) is 15.9 Å². The van der Waals surface area contributed by atoms with Crippen molar-refractivity contribution in [3.8, 4) is 0 Å². The molecule has 0 atom stereocenters. The minimum Gasteiger partial charge on any atom is -0.335 e. The zero-order valence-electron chi connectivity index (χ0n) is 17.9. The first-order chi connectivity index (χ1) is 16.2. The zero-order chi connectivity index (χ0) is 24.3. The van der Waals surface area contributed by atoms with Crippen LogP contribution in [-0.4, -0.2) is 56.2 Å². The molecule has 1 fully saturated rings. The Bertz CT molecular complexity index is 1300. The van der Waals surface area contributed by atoms with E-state index >= 15 is 0 Å². The van der Waals surface area contributed by atoms with Gasteiger partial charge in [-0.3, -0.25) is 14.3 Å². The molecule has 2 amide bonds. The number of nitrogens with one attached hydrogen (secondary N) is 1. The van der Waals surface area contributed by atoms with Crippen molar-refractivity contribution in [3.63, 3.8) is 0 Å². The molecule has 0 radical (unpaired) electrons. The van der Waals surface area contributed by atoms with Crippen LogP contribution in [0.4, 0.5) is 14.5 Å². The highest BCUT2D eigenvalue weighted by atomic mass is 32.2. The van der Waals surface area contributed by atoms with Gasteiger partial charge >= 0.3 is 0 Å². The lowest BCUT2D eigenvalue weighted by molar-refractivity contribution is 0.0535. The summed E-state index contributed by atoms with van der Waals surface area (Å²) in [7, 11) is -3.90. The quantitative estimate of drug-likeness (QED) is 0.601. The van der Waals surface area contributed by atoms with Gasteiger partial charge in [0.25, 0.3) is 21.8 Å². The summed E-state index contributed by atoms with van der Waals surface area (Å²) in [5, 5.41) is 0. The summed E-state index contributed by atoms with van der Waals surface area (Å²) in [6.45, 7) is 1.27. The number of hydrogen-bond acceptors (Lipinski definition) is 4. The van der Waals surface area contributed by atoms with Gasteiger partial charge < -0.3 is 9.80 Å². The molecule has 7 nitrogen and oxygen atoms in total. The summed E-state index contributed by atoms with van der Waals surface area (Å²) in [4.78, 5) is 28.5. The Balaban J connectivity index is 1.36. The third-order valence-corrected chi connectivity index (χ3v) is 6.83. The highest BCUT2D eigenvalue weighted by Gasteiger charge is 2.26. The molecule has 0 saturated carbocycles. The molecule has 3 aromatic rings. The van der Waals surface area contributed by atoms with E-state index in [-0.39, 0.29) is 28.0 Å². The average molecular weight is 486 g/mol. The van der Waals surface area contributed by atoms with Gasteiger partial charge in [0.05, 0.1) is 4.90 Å². The average Bonchev–Trinajstić information content (AvgIpc) is 2.84. The molecule has 1 aliphatic rings. The Morgan fingerprint density at radius 2 is 1.26 bits per heavy atom. The summed E-state index contributed by atoms with van der Waals surface area (Å²) in [5.74, 6) is -1.56. The number of carbonyl (C=O) groups is 2. The number of amides is 2. The maximum absolute atomic E-state index is 13.4. The highest BCUT2D eigenvalue weighted by Crippen LogP contribution is 2.19. The van der Waals surface area contributed by atoms with Gasteiger partial charge in [0.1, 0.15) is 11.6 Å². The maximum Gasteiger partial charge on any atom is 0.261 e. The highest BCUT2D eigenvalue weighted by molar-refractivity contribution is 7.92. The molecule has 1 saturated heterocycles. The van der Waals surface area contributed by atoms with Gasteiger partial charge in [-0.15, -0.1) is 0 Å². The standard InChI is InChI=1S/C24H21F2N3O4S/c25-19-6-10-22(11-7-19)34(32,33)27-21-8-4-17(5-9-21)23(30)28-12-14-29(15-13-28)24(31)18-2-1-3-20(26)16-18/h1-11,16,27H,12-15H2. The molecule has 3 aromatic carbocycles. The van der Waals surface area contributed by atoms with Crippen LogP contribution in [0.3, 0.4) is 0 Å². The van der Waals surface area contributed by atoms with Crippen LogP contribution in [0, 0.1) is 11.6 Å². The van der Waals surface area contributed by atoms with Gasteiger partial charge in [0.2, 0.25) is 0 Å². The van der Waals surface area contributed by atoms with Crippen molar-refractivity contribution in [2.45, 2.75) is 4.90 Å². The van der Waals surface area contributed by atoms with E-state index in [0.29, 0.717) is 31.7 Å². The van der Waals surface area contributed by atoms with Crippen LogP contribution in [0.2, 0.25) is 0 Å². The largest absolute Gasteiger partial charge is 0.335 e. The zero-order valence-corrected chi connectivity index (χ0v) is 18.8. The fourth-order valence-electron chi connectivity index (χ4n) is 3.61. The summed E-state index contributed by atoms with van der Waals surface area (Å²) in [5.41, 5.74) is 0.888. The Morgan fingerprint density at radius 1 is 0.706 bits per heavy atom. The number of benzene rings is 3. The predicted octanol–water partition coefficient (Wildman–Crippen LogP) is 3.36.